The maximum atomic E-state index is 9.68. The third kappa shape index (κ3) is 1.28. The van der Waals surface area contributed by atoms with Crippen LogP contribution in [0.15, 0.2) is 0 Å². The fraction of sp³-hybridized carbons (Fsp3) is 0.500. The lowest BCUT2D eigenvalue weighted by atomic mass is 10.4. The topological polar surface area (TPSA) is 80.8 Å². The lowest BCUT2D eigenvalue weighted by Crippen LogP contribution is -2.00. The van der Waals surface area contributed by atoms with Crippen molar-refractivity contribution in [3.63, 3.8) is 0 Å². The van der Waals surface area contributed by atoms with Crippen molar-refractivity contribution < 1.29 is 9.53 Å². The van der Waals surface area contributed by atoms with Crippen molar-refractivity contribution in [2.45, 2.75) is 13.0 Å². The van der Waals surface area contributed by atoms with Crippen LogP contribution in [-0.4, -0.2) is 27.1 Å². The second-order valence-corrected chi connectivity index (χ2v) is 1.63. The number of hydrogen-bond acceptors (Lipinski definition) is 5. The lowest BCUT2D eigenvalue weighted by Gasteiger charge is -2.00. The summed E-state index contributed by atoms with van der Waals surface area (Å²) in [6.45, 7) is 2.92. The van der Waals surface area contributed by atoms with E-state index in [1.807, 2.05) is 0 Å². The second kappa shape index (κ2) is 2.90. The van der Waals surface area contributed by atoms with Gasteiger partial charge in [-0.3, -0.25) is 0 Å². The van der Waals surface area contributed by atoms with Crippen LogP contribution in [-0.2, 0) is 9.53 Å². The molecule has 0 spiro atoms. The van der Waals surface area contributed by atoms with E-state index in [0.717, 1.165) is 0 Å². The molecule has 1 aromatic rings. The Bertz CT molecular complexity index is 197. The summed E-state index contributed by atoms with van der Waals surface area (Å²) in [5.74, 6) is 0.406. The third-order valence-electron chi connectivity index (χ3n) is 0.972. The number of H-pyrrole nitrogens is 1. The van der Waals surface area contributed by atoms with Gasteiger partial charge in [-0.1, -0.05) is 0 Å². The van der Waals surface area contributed by atoms with E-state index >= 15 is 0 Å². The highest BCUT2D eigenvalue weighted by atomic mass is 16.5. The van der Waals surface area contributed by atoms with Gasteiger partial charge in [-0.05, 0) is 17.4 Å². The number of carbonyl (C=O) groups excluding carboxylic acids is 1. The second-order valence-electron chi connectivity index (χ2n) is 1.63. The number of ether oxygens (including phenoxy) is 1. The minimum atomic E-state index is -0.465. The van der Waals surface area contributed by atoms with E-state index in [-0.39, 0.29) is 0 Å². The van der Waals surface area contributed by atoms with Crippen molar-refractivity contribution in [1.29, 1.82) is 0 Å². The molecule has 0 fully saturated rings. The van der Waals surface area contributed by atoms with Gasteiger partial charge < -0.3 is 4.74 Å². The Hall–Kier alpha value is -1.46. The molecule has 0 aliphatic heterocycles. The molecule has 1 aromatic heterocycles. The fourth-order valence-electron chi connectivity index (χ4n) is 0.467. The van der Waals surface area contributed by atoms with Gasteiger partial charge in [-0.25, -0.2) is 9.89 Å². The molecular formula is C4H5N4O2. The standard InChI is InChI=1S/C4H5N4O2/c1-3(10-2-9)4-5-7-8-6-4/h3H,1H3,(H,5,6,7,8). The molecule has 1 N–H and O–H groups in total. The molecule has 0 aromatic carbocycles. The molecule has 0 aliphatic carbocycles. The van der Waals surface area contributed by atoms with Gasteiger partial charge in [-0.2, -0.15) is 0 Å². The molecule has 53 valence electrons. The first-order valence-corrected chi connectivity index (χ1v) is 2.61. The average molecular weight is 141 g/mol. The maximum Gasteiger partial charge on any atom is 0.418 e. The molecule has 1 radical (unpaired) electrons. The van der Waals surface area contributed by atoms with E-state index < -0.39 is 6.10 Å². The molecule has 6 nitrogen and oxygen atoms in total. The van der Waals surface area contributed by atoms with E-state index in [0.29, 0.717) is 5.82 Å². The number of nitrogens with one attached hydrogen (secondary N) is 1. The van der Waals surface area contributed by atoms with Crippen molar-refractivity contribution >= 4 is 6.47 Å². The van der Waals surface area contributed by atoms with Crippen LogP contribution < -0.4 is 0 Å². The van der Waals surface area contributed by atoms with Crippen molar-refractivity contribution in [3.05, 3.63) is 5.82 Å². The zero-order chi connectivity index (χ0) is 7.40. The monoisotopic (exact) mass is 141 g/mol. The molecule has 0 saturated carbocycles. The predicted molar refractivity (Wildman–Crippen MR) is 29.4 cm³/mol. The number of nitrogens with zero attached hydrogens (tertiary/aromatic N) is 3. The zero-order valence-electron chi connectivity index (χ0n) is 5.24. The van der Waals surface area contributed by atoms with Gasteiger partial charge >= 0.3 is 6.47 Å². The van der Waals surface area contributed by atoms with Crippen molar-refractivity contribution in [3.8, 4) is 0 Å². The molecule has 0 saturated heterocycles. The summed E-state index contributed by atoms with van der Waals surface area (Å²) in [6.07, 6.45) is -0.465. The fourth-order valence-corrected chi connectivity index (χ4v) is 0.467. The highest BCUT2D eigenvalue weighted by Gasteiger charge is 2.08. The van der Waals surface area contributed by atoms with Gasteiger partial charge in [0.25, 0.3) is 0 Å². The SMILES string of the molecule is CC(O[C]=O)c1nnn[nH]1. The molecule has 1 heterocycles. The van der Waals surface area contributed by atoms with E-state index in [2.05, 4.69) is 25.4 Å². The molecule has 1 rings (SSSR count). The van der Waals surface area contributed by atoms with Crippen LogP contribution in [0.25, 0.3) is 0 Å². The van der Waals surface area contributed by atoms with Crippen LogP contribution >= 0.6 is 0 Å². The van der Waals surface area contributed by atoms with Gasteiger partial charge in [0.15, 0.2) is 11.9 Å². The summed E-state index contributed by atoms with van der Waals surface area (Å²) >= 11 is 0. The highest BCUT2D eigenvalue weighted by molar-refractivity contribution is 5.38. The summed E-state index contributed by atoms with van der Waals surface area (Å²) < 4.78 is 4.41. The van der Waals surface area contributed by atoms with Gasteiger partial charge in [0, 0.05) is 0 Å². The third-order valence-corrected chi connectivity index (χ3v) is 0.972. The molecule has 6 heteroatoms. The normalized spacial score (nSPS) is 12.5. The molecule has 1 unspecified atom stereocenters. The lowest BCUT2D eigenvalue weighted by molar-refractivity contribution is 0.189. The van der Waals surface area contributed by atoms with Gasteiger partial charge in [-0.15, -0.1) is 5.10 Å². The average Bonchev–Trinajstić information content (AvgIpc) is 2.38. The Kier molecular flexibility index (Phi) is 1.93. The van der Waals surface area contributed by atoms with Crippen molar-refractivity contribution in [1.82, 2.24) is 20.6 Å². The Balaban J connectivity index is 2.58. The van der Waals surface area contributed by atoms with E-state index in [9.17, 15) is 4.79 Å². The summed E-state index contributed by atoms with van der Waals surface area (Å²) in [5, 5.41) is 12.5. The van der Waals surface area contributed by atoms with Crippen LogP contribution in [0.1, 0.15) is 18.9 Å². The van der Waals surface area contributed by atoms with Gasteiger partial charge in [0.2, 0.25) is 0 Å². The number of tetrazole rings is 1. The maximum absolute atomic E-state index is 9.68. The van der Waals surface area contributed by atoms with Crippen LogP contribution in [0.5, 0.6) is 0 Å². The highest BCUT2D eigenvalue weighted by Crippen LogP contribution is 2.06. The van der Waals surface area contributed by atoms with Gasteiger partial charge in [0.1, 0.15) is 0 Å². The largest absolute Gasteiger partial charge is 0.446 e. The summed E-state index contributed by atoms with van der Waals surface area (Å²) in [4.78, 5) is 9.68. The van der Waals surface area contributed by atoms with Crippen LogP contribution in [0, 0.1) is 0 Å². The summed E-state index contributed by atoms with van der Waals surface area (Å²) in [7, 11) is 0. The minimum absolute atomic E-state index is 0.406. The molecule has 0 bridgehead atoms. The van der Waals surface area contributed by atoms with Crippen molar-refractivity contribution in [2.75, 3.05) is 0 Å². The van der Waals surface area contributed by atoms with E-state index in [1.165, 1.54) is 6.47 Å². The molecule has 10 heavy (non-hydrogen) atoms. The number of aromatic nitrogens is 4. The van der Waals surface area contributed by atoms with E-state index in [4.69, 9.17) is 0 Å². The van der Waals surface area contributed by atoms with Crippen LogP contribution in [0.2, 0.25) is 0 Å². The van der Waals surface area contributed by atoms with Gasteiger partial charge in [0.05, 0.1) is 0 Å². The van der Waals surface area contributed by atoms with E-state index in [1.54, 1.807) is 6.92 Å². The van der Waals surface area contributed by atoms with Crippen LogP contribution in [0.3, 0.4) is 0 Å². The number of rotatable bonds is 3. The number of aromatic amines is 1. The summed E-state index contributed by atoms with van der Waals surface area (Å²) in [6, 6.07) is 0. The first-order chi connectivity index (χ1) is 4.84. The smallest absolute Gasteiger partial charge is 0.418 e. The zero-order valence-corrected chi connectivity index (χ0v) is 5.24. The molecule has 0 amide bonds. The van der Waals surface area contributed by atoms with Crippen molar-refractivity contribution in [2.24, 2.45) is 0 Å². The Morgan fingerprint density at radius 1 is 1.80 bits per heavy atom. The predicted octanol–water partition coefficient (Wildman–Crippen LogP) is -0.656. The molecule has 0 aliphatic rings. The molecular weight excluding hydrogens is 136 g/mol. The first-order valence-electron chi connectivity index (χ1n) is 2.61. The quantitative estimate of drug-likeness (QED) is 0.604. The Labute approximate surface area is 56.6 Å². The van der Waals surface area contributed by atoms with Crippen LogP contribution in [0.4, 0.5) is 0 Å². The number of hydrogen-bond donors (Lipinski definition) is 1. The summed E-state index contributed by atoms with van der Waals surface area (Å²) in [5.41, 5.74) is 0. The Morgan fingerprint density at radius 3 is 3.10 bits per heavy atom. The molecule has 1 atom stereocenters. The Morgan fingerprint density at radius 2 is 2.60 bits per heavy atom. The first kappa shape index (κ1) is 6.66. The minimum Gasteiger partial charge on any atom is -0.446 e.